The largest absolute Gasteiger partial charge is 0.396 e. The van der Waals surface area contributed by atoms with Crippen LogP contribution in [0.2, 0.25) is 5.15 Å². The number of nitrogens with zero attached hydrogens (tertiary/aromatic N) is 3. The molecule has 0 spiro atoms. The first-order valence-corrected chi connectivity index (χ1v) is 6.00. The summed E-state index contributed by atoms with van der Waals surface area (Å²) in [4.78, 5) is 10.5. The Balaban J connectivity index is 1.91. The van der Waals surface area contributed by atoms with Gasteiger partial charge in [0.25, 0.3) is 0 Å². The van der Waals surface area contributed by atoms with Crippen molar-refractivity contribution in [2.75, 3.05) is 24.6 Å². The van der Waals surface area contributed by atoms with E-state index in [1.54, 1.807) is 12.4 Å². The highest BCUT2D eigenvalue weighted by Crippen LogP contribution is 2.23. The summed E-state index contributed by atoms with van der Waals surface area (Å²) in [5, 5.41) is 9.31. The Bertz CT molecular complexity index is 323. The normalized spacial score (nSPS) is 17.8. The number of hydrogen-bond acceptors (Lipinski definition) is 4. The molecule has 4 nitrogen and oxygen atoms in total. The summed E-state index contributed by atoms with van der Waals surface area (Å²) in [5.41, 5.74) is 0. The minimum absolute atomic E-state index is 0.297. The number of anilines is 1. The molecule has 0 amide bonds. The molecule has 1 aromatic heterocycles. The summed E-state index contributed by atoms with van der Waals surface area (Å²) in [7, 11) is 0. The highest BCUT2D eigenvalue weighted by atomic mass is 35.5. The molecule has 1 aliphatic rings. The maximum atomic E-state index is 8.88. The van der Waals surface area contributed by atoms with E-state index >= 15 is 0 Å². The van der Waals surface area contributed by atoms with Crippen molar-refractivity contribution in [2.45, 2.75) is 19.3 Å². The third-order valence-electron chi connectivity index (χ3n) is 3.08. The van der Waals surface area contributed by atoms with E-state index < -0.39 is 0 Å². The van der Waals surface area contributed by atoms with Crippen LogP contribution < -0.4 is 4.90 Å². The zero-order valence-electron chi connectivity index (χ0n) is 9.14. The van der Waals surface area contributed by atoms with Gasteiger partial charge in [0.2, 0.25) is 0 Å². The second-order valence-corrected chi connectivity index (χ2v) is 4.53. The zero-order chi connectivity index (χ0) is 11.4. The number of rotatable bonds is 3. The van der Waals surface area contributed by atoms with Crippen molar-refractivity contribution in [3.63, 3.8) is 0 Å². The molecule has 1 fully saturated rings. The van der Waals surface area contributed by atoms with Crippen molar-refractivity contribution in [1.29, 1.82) is 0 Å². The molecule has 2 heterocycles. The Morgan fingerprint density at radius 1 is 1.31 bits per heavy atom. The fourth-order valence-electron chi connectivity index (χ4n) is 2.10. The number of aliphatic hydroxyl groups excluding tert-OH is 1. The first-order chi connectivity index (χ1) is 7.79. The van der Waals surface area contributed by atoms with Crippen LogP contribution in [0.15, 0.2) is 12.4 Å². The van der Waals surface area contributed by atoms with Crippen molar-refractivity contribution in [1.82, 2.24) is 9.97 Å². The molecule has 0 unspecified atom stereocenters. The van der Waals surface area contributed by atoms with Crippen molar-refractivity contribution < 1.29 is 5.11 Å². The average molecular weight is 242 g/mol. The summed E-state index contributed by atoms with van der Waals surface area (Å²) in [6, 6.07) is 0. The van der Waals surface area contributed by atoms with E-state index in [2.05, 4.69) is 14.9 Å². The molecule has 0 bridgehead atoms. The molecule has 0 radical (unpaired) electrons. The average Bonchev–Trinajstić information content (AvgIpc) is 2.32. The van der Waals surface area contributed by atoms with E-state index in [4.69, 9.17) is 16.7 Å². The maximum Gasteiger partial charge on any atom is 0.147 e. The fourth-order valence-corrected chi connectivity index (χ4v) is 2.20. The van der Waals surface area contributed by atoms with Gasteiger partial charge in [0, 0.05) is 19.7 Å². The van der Waals surface area contributed by atoms with Gasteiger partial charge < -0.3 is 10.0 Å². The standard InChI is InChI=1S/C11H16ClN3O/c12-10-7-14-11(8-13-10)15-4-1-9(2-5-15)3-6-16/h7-9,16H,1-6H2. The van der Waals surface area contributed by atoms with Crippen LogP contribution in [0.5, 0.6) is 0 Å². The third kappa shape index (κ3) is 2.83. The highest BCUT2D eigenvalue weighted by Gasteiger charge is 2.19. The van der Waals surface area contributed by atoms with Gasteiger partial charge in [-0.1, -0.05) is 11.6 Å². The van der Waals surface area contributed by atoms with Gasteiger partial charge in [-0.3, -0.25) is 0 Å². The molecule has 0 atom stereocenters. The summed E-state index contributed by atoms with van der Waals surface area (Å²) in [6.45, 7) is 2.27. The van der Waals surface area contributed by atoms with Crippen LogP contribution in [-0.4, -0.2) is 34.8 Å². The fraction of sp³-hybridized carbons (Fsp3) is 0.636. The van der Waals surface area contributed by atoms with Crippen LogP contribution in [0.25, 0.3) is 0 Å². The quantitative estimate of drug-likeness (QED) is 0.876. The van der Waals surface area contributed by atoms with Gasteiger partial charge in [0.05, 0.1) is 12.4 Å². The Hall–Kier alpha value is -0.870. The van der Waals surface area contributed by atoms with E-state index in [9.17, 15) is 0 Å². The third-order valence-corrected chi connectivity index (χ3v) is 3.28. The Kier molecular flexibility index (Phi) is 3.96. The van der Waals surface area contributed by atoms with Gasteiger partial charge in [0.15, 0.2) is 0 Å². The van der Waals surface area contributed by atoms with Crippen molar-refractivity contribution >= 4 is 17.4 Å². The van der Waals surface area contributed by atoms with E-state index in [1.807, 2.05) is 0 Å². The Labute approximate surface area is 100 Å². The number of aromatic nitrogens is 2. The van der Waals surface area contributed by atoms with Gasteiger partial charge in [-0.2, -0.15) is 0 Å². The predicted octanol–water partition coefficient (Wildman–Crippen LogP) is 1.73. The number of hydrogen-bond donors (Lipinski definition) is 1. The second kappa shape index (κ2) is 5.46. The SMILES string of the molecule is OCCC1CCN(c2cnc(Cl)cn2)CC1. The number of piperidine rings is 1. The molecule has 0 aromatic carbocycles. The molecular weight excluding hydrogens is 226 g/mol. The minimum Gasteiger partial charge on any atom is -0.396 e. The van der Waals surface area contributed by atoms with Gasteiger partial charge in [-0.25, -0.2) is 9.97 Å². The molecule has 1 saturated heterocycles. The molecule has 0 aliphatic carbocycles. The smallest absolute Gasteiger partial charge is 0.147 e. The van der Waals surface area contributed by atoms with Crippen LogP contribution in [0.1, 0.15) is 19.3 Å². The highest BCUT2D eigenvalue weighted by molar-refractivity contribution is 6.29. The topological polar surface area (TPSA) is 49.2 Å². The Morgan fingerprint density at radius 3 is 2.62 bits per heavy atom. The molecule has 5 heteroatoms. The van der Waals surface area contributed by atoms with Gasteiger partial charge in [0.1, 0.15) is 11.0 Å². The van der Waals surface area contributed by atoms with Crippen LogP contribution >= 0.6 is 11.6 Å². The molecule has 1 N–H and O–H groups in total. The van der Waals surface area contributed by atoms with Crippen molar-refractivity contribution in [3.8, 4) is 0 Å². The summed E-state index contributed by atoms with van der Waals surface area (Å²) in [6.07, 6.45) is 6.45. The Morgan fingerprint density at radius 2 is 2.06 bits per heavy atom. The first kappa shape index (κ1) is 11.6. The van der Waals surface area contributed by atoms with Crippen LogP contribution in [0, 0.1) is 5.92 Å². The van der Waals surface area contributed by atoms with Crippen molar-refractivity contribution in [2.24, 2.45) is 5.92 Å². The molecule has 1 aromatic rings. The van der Waals surface area contributed by atoms with E-state index in [1.165, 1.54) is 0 Å². The maximum absolute atomic E-state index is 8.88. The first-order valence-electron chi connectivity index (χ1n) is 5.63. The van der Waals surface area contributed by atoms with E-state index in [0.29, 0.717) is 17.7 Å². The monoisotopic (exact) mass is 241 g/mol. The van der Waals surface area contributed by atoms with E-state index in [0.717, 1.165) is 38.2 Å². The number of aliphatic hydroxyl groups is 1. The second-order valence-electron chi connectivity index (χ2n) is 4.14. The summed E-state index contributed by atoms with van der Waals surface area (Å²) < 4.78 is 0. The van der Waals surface area contributed by atoms with Crippen molar-refractivity contribution in [3.05, 3.63) is 17.5 Å². The minimum atomic E-state index is 0.297. The summed E-state index contributed by atoms with van der Waals surface area (Å²) in [5.74, 6) is 1.55. The lowest BCUT2D eigenvalue weighted by Gasteiger charge is -2.32. The predicted molar refractivity (Wildman–Crippen MR) is 63.7 cm³/mol. The molecule has 16 heavy (non-hydrogen) atoms. The lowest BCUT2D eigenvalue weighted by Crippen LogP contribution is -2.34. The lowest BCUT2D eigenvalue weighted by molar-refractivity contribution is 0.240. The van der Waals surface area contributed by atoms with Crippen LogP contribution in [-0.2, 0) is 0 Å². The van der Waals surface area contributed by atoms with Gasteiger partial charge in [-0.15, -0.1) is 0 Å². The summed E-state index contributed by atoms with van der Waals surface area (Å²) >= 11 is 5.70. The van der Waals surface area contributed by atoms with E-state index in [-0.39, 0.29) is 0 Å². The lowest BCUT2D eigenvalue weighted by atomic mass is 9.94. The van der Waals surface area contributed by atoms with Crippen LogP contribution in [0.3, 0.4) is 0 Å². The zero-order valence-corrected chi connectivity index (χ0v) is 9.90. The number of halogens is 1. The molecule has 88 valence electrons. The van der Waals surface area contributed by atoms with Gasteiger partial charge in [-0.05, 0) is 25.2 Å². The molecule has 1 aliphatic heterocycles. The van der Waals surface area contributed by atoms with Gasteiger partial charge >= 0.3 is 0 Å². The van der Waals surface area contributed by atoms with Crippen LogP contribution in [0.4, 0.5) is 5.82 Å². The molecule has 2 rings (SSSR count). The molecular formula is C11H16ClN3O. The molecule has 0 saturated carbocycles.